The molecule has 2 heteroatoms. The summed E-state index contributed by atoms with van der Waals surface area (Å²) in [6.45, 7) is 5.73. The highest BCUT2D eigenvalue weighted by Gasteiger charge is 2.02. The van der Waals surface area contributed by atoms with E-state index in [0.29, 0.717) is 12.5 Å². The second-order valence-corrected chi connectivity index (χ2v) is 5.47. The Morgan fingerprint density at radius 1 is 1.00 bits per heavy atom. The molecule has 0 saturated heterocycles. The van der Waals surface area contributed by atoms with E-state index in [9.17, 15) is 0 Å². The highest BCUT2D eigenvalue weighted by atomic mass is 16.5. The molecule has 2 nitrogen and oxygen atoms in total. The maximum Gasteiger partial charge on any atom is 0.119 e. The summed E-state index contributed by atoms with van der Waals surface area (Å²) in [7, 11) is 0. The van der Waals surface area contributed by atoms with Crippen molar-refractivity contribution in [2.75, 3.05) is 13.2 Å². The molecule has 0 aliphatic carbocycles. The molecule has 0 heterocycles. The summed E-state index contributed by atoms with van der Waals surface area (Å²) in [5.41, 5.74) is 9.30. The van der Waals surface area contributed by atoms with Gasteiger partial charge in [-0.3, -0.25) is 0 Å². The third-order valence-corrected chi connectivity index (χ3v) is 3.11. The first-order valence-electron chi connectivity index (χ1n) is 7.21. The molecule has 0 unspecified atom stereocenters. The summed E-state index contributed by atoms with van der Waals surface area (Å²) >= 11 is 0. The molecule has 2 aromatic rings. The van der Waals surface area contributed by atoms with Gasteiger partial charge >= 0.3 is 0 Å². The van der Waals surface area contributed by atoms with Gasteiger partial charge in [0, 0.05) is 0 Å². The Hall–Kier alpha value is -1.80. The van der Waals surface area contributed by atoms with E-state index in [0.717, 1.165) is 18.8 Å². The van der Waals surface area contributed by atoms with Crippen LogP contribution in [0.25, 0.3) is 11.1 Å². The maximum atomic E-state index is 5.79. The molecule has 2 N–H and O–H groups in total. The summed E-state index contributed by atoms with van der Waals surface area (Å²) in [4.78, 5) is 0. The number of hydrogen-bond donors (Lipinski definition) is 1. The van der Waals surface area contributed by atoms with Gasteiger partial charge in [-0.1, -0.05) is 50.2 Å². The lowest BCUT2D eigenvalue weighted by Crippen LogP contribution is -2.04. The highest BCUT2D eigenvalue weighted by Crippen LogP contribution is 2.25. The molecule has 0 saturated carbocycles. The SMILES string of the molecule is CC(C)COc1cccc(-c2cccc(CCN)c2)c1. The number of ether oxygens (including phenoxy) is 1. The lowest BCUT2D eigenvalue weighted by Gasteiger charge is -2.10. The van der Waals surface area contributed by atoms with E-state index in [1.165, 1.54) is 16.7 Å². The van der Waals surface area contributed by atoms with Crippen molar-refractivity contribution in [1.82, 2.24) is 0 Å². The van der Waals surface area contributed by atoms with E-state index < -0.39 is 0 Å². The van der Waals surface area contributed by atoms with E-state index >= 15 is 0 Å². The molecule has 0 bridgehead atoms. The zero-order valence-corrected chi connectivity index (χ0v) is 12.3. The van der Waals surface area contributed by atoms with Gasteiger partial charge < -0.3 is 10.5 Å². The fourth-order valence-electron chi connectivity index (χ4n) is 2.10. The molecule has 0 radical (unpaired) electrons. The fraction of sp³-hybridized carbons (Fsp3) is 0.333. The van der Waals surface area contributed by atoms with E-state index in [2.05, 4.69) is 50.2 Å². The molecular weight excluding hydrogens is 246 g/mol. The Balaban J connectivity index is 2.19. The molecule has 20 heavy (non-hydrogen) atoms. The molecule has 0 aromatic heterocycles. The van der Waals surface area contributed by atoms with Gasteiger partial charge in [-0.2, -0.15) is 0 Å². The van der Waals surface area contributed by atoms with Crippen molar-refractivity contribution in [2.24, 2.45) is 11.7 Å². The summed E-state index contributed by atoms with van der Waals surface area (Å²) in [5.74, 6) is 1.46. The van der Waals surface area contributed by atoms with E-state index in [1.54, 1.807) is 0 Å². The molecule has 0 aliphatic heterocycles. The van der Waals surface area contributed by atoms with E-state index in [1.807, 2.05) is 12.1 Å². The summed E-state index contributed by atoms with van der Waals surface area (Å²) < 4.78 is 5.79. The van der Waals surface area contributed by atoms with Crippen LogP contribution < -0.4 is 10.5 Å². The summed E-state index contributed by atoms with van der Waals surface area (Å²) in [5, 5.41) is 0. The number of benzene rings is 2. The van der Waals surface area contributed by atoms with Crippen LogP contribution in [0.2, 0.25) is 0 Å². The fourth-order valence-corrected chi connectivity index (χ4v) is 2.10. The van der Waals surface area contributed by atoms with Crippen LogP contribution in [-0.2, 0) is 6.42 Å². The summed E-state index contributed by atoms with van der Waals surface area (Å²) in [6, 6.07) is 16.8. The van der Waals surface area contributed by atoms with Gasteiger partial charge in [-0.05, 0) is 47.7 Å². The average Bonchev–Trinajstić information content (AvgIpc) is 2.46. The van der Waals surface area contributed by atoms with Crippen molar-refractivity contribution < 1.29 is 4.74 Å². The third-order valence-electron chi connectivity index (χ3n) is 3.11. The first-order valence-corrected chi connectivity index (χ1v) is 7.21. The molecule has 0 spiro atoms. The zero-order valence-electron chi connectivity index (χ0n) is 12.3. The van der Waals surface area contributed by atoms with Crippen molar-refractivity contribution in [2.45, 2.75) is 20.3 Å². The second-order valence-electron chi connectivity index (χ2n) is 5.47. The standard InChI is InChI=1S/C18H23NO/c1-14(2)13-20-18-8-4-7-17(12-18)16-6-3-5-15(11-16)9-10-19/h3-8,11-12,14H,9-10,13,19H2,1-2H3. The highest BCUT2D eigenvalue weighted by molar-refractivity contribution is 5.65. The van der Waals surface area contributed by atoms with Gasteiger partial charge in [0.2, 0.25) is 0 Å². The molecule has 2 aromatic carbocycles. The largest absolute Gasteiger partial charge is 0.493 e. The lowest BCUT2D eigenvalue weighted by molar-refractivity contribution is 0.271. The van der Waals surface area contributed by atoms with Crippen LogP contribution in [0, 0.1) is 5.92 Å². The molecule has 0 atom stereocenters. The molecular formula is C18H23NO. The smallest absolute Gasteiger partial charge is 0.119 e. The minimum Gasteiger partial charge on any atom is -0.493 e. The van der Waals surface area contributed by atoms with E-state index in [-0.39, 0.29) is 0 Å². The predicted molar refractivity (Wildman–Crippen MR) is 85.0 cm³/mol. The van der Waals surface area contributed by atoms with Crippen LogP contribution >= 0.6 is 0 Å². The maximum absolute atomic E-state index is 5.79. The van der Waals surface area contributed by atoms with Gasteiger partial charge in [0.15, 0.2) is 0 Å². The Morgan fingerprint density at radius 3 is 2.40 bits per heavy atom. The minimum absolute atomic E-state index is 0.534. The molecule has 106 valence electrons. The van der Waals surface area contributed by atoms with Crippen LogP contribution in [-0.4, -0.2) is 13.2 Å². The zero-order chi connectivity index (χ0) is 14.4. The van der Waals surface area contributed by atoms with Crippen molar-refractivity contribution in [3.63, 3.8) is 0 Å². The third kappa shape index (κ3) is 4.10. The summed E-state index contributed by atoms with van der Waals surface area (Å²) in [6.07, 6.45) is 0.914. The van der Waals surface area contributed by atoms with Crippen LogP contribution in [0.5, 0.6) is 5.75 Å². The number of rotatable bonds is 6. The van der Waals surface area contributed by atoms with Gasteiger partial charge in [-0.25, -0.2) is 0 Å². The number of nitrogens with two attached hydrogens (primary N) is 1. The van der Waals surface area contributed by atoms with Crippen LogP contribution in [0.1, 0.15) is 19.4 Å². The van der Waals surface area contributed by atoms with Crippen molar-refractivity contribution in [3.8, 4) is 16.9 Å². The molecule has 2 rings (SSSR count). The first-order chi connectivity index (χ1) is 9.69. The lowest BCUT2D eigenvalue weighted by atomic mass is 10.0. The van der Waals surface area contributed by atoms with Crippen molar-refractivity contribution in [1.29, 1.82) is 0 Å². The van der Waals surface area contributed by atoms with Gasteiger partial charge in [-0.15, -0.1) is 0 Å². The Kier molecular flexibility index (Phi) is 5.19. The first kappa shape index (κ1) is 14.6. The second kappa shape index (κ2) is 7.11. The molecule has 0 amide bonds. The van der Waals surface area contributed by atoms with Gasteiger partial charge in [0.1, 0.15) is 5.75 Å². The normalized spacial score (nSPS) is 10.8. The molecule has 0 fully saturated rings. The molecule has 0 aliphatic rings. The predicted octanol–water partition coefficient (Wildman–Crippen LogP) is 3.89. The van der Waals surface area contributed by atoms with Gasteiger partial charge in [0.25, 0.3) is 0 Å². The van der Waals surface area contributed by atoms with Crippen molar-refractivity contribution in [3.05, 3.63) is 54.1 Å². The Labute approximate surface area is 121 Å². The van der Waals surface area contributed by atoms with Crippen LogP contribution in [0.4, 0.5) is 0 Å². The number of hydrogen-bond acceptors (Lipinski definition) is 2. The van der Waals surface area contributed by atoms with E-state index in [4.69, 9.17) is 10.5 Å². The quantitative estimate of drug-likeness (QED) is 0.863. The minimum atomic E-state index is 0.534. The van der Waals surface area contributed by atoms with Gasteiger partial charge in [0.05, 0.1) is 6.61 Å². The topological polar surface area (TPSA) is 35.2 Å². The Bertz CT molecular complexity index is 549. The monoisotopic (exact) mass is 269 g/mol. The van der Waals surface area contributed by atoms with Crippen molar-refractivity contribution >= 4 is 0 Å². The average molecular weight is 269 g/mol. The Morgan fingerprint density at radius 2 is 1.70 bits per heavy atom. The van der Waals surface area contributed by atoms with Crippen LogP contribution in [0.3, 0.4) is 0 Å². The van der Waals surface area contributed by atoms with Crippen LogP contribution in [0.15, 0.2) is 48.5 Å².